The third kappa shape index (κ3) is 3.20. The monoisotopic (exact) mass is 317 g/mol. The highest BCUT2D eigenvalue weighted by Crippen LogP contribution is 2.26. The first-order chi connectivity index (χ1) is 11.7. The van der Waals surface area contributed by atoms with Crippen molar-refractivity contribution in [1.29, 1.82) is 0 Å². The van der Waals surface area contributed by atoms with Gasteiger partial charge >= 0.3 is 5.97 Å². The summed E-state index contributed by atoms with van der Waals surface area (Å²) >= 11 is 0. The number of ether oxygens (including phenoxy) is 1. The van der Waals surface area contributed by atoms with Crippen LogP contribution in [-0.2, 0) is 4.74 Å². The fourth-order valence-electron chi connectivity index (χ4n) is 2.74. The molecular weight excluding hydrogens is 298 g/mol. The lowest BCUT2D eigenvalue weighted by molar-refractivity contribution is 0.0525. The number of aryl methyl sites for hydroxylation is 1. The molecule has 1 heterocycles. The third-order valence-corrected chi connectivity index (χ3v) is 3.84. The van der Waals surface area contributed by atoms with Gasteiger partial charge in [0.15, 0.2) is 0 Å². The van der Waals surface area contributed by atoms with Crippen LogP contribution in [0.3, 0.4) is 0 Å². The number of esters is 1. The summed E-state index contributed by atoms with van der Waals surface area (Å²) in [5.41, 5.74) is 4.00. The van der Waals surface area contributed by atoms with Crippen LogP contribution < -0.4 is 0 Å². The summed E-state index contributed by atoms with van der Waals surface area (Å²) in [6.07, 6.45) is 3.97. The third-order valence-electron chi connectivity index (χ3n) is 3.84. The SMILES string of the molecule is CCOC(=O)c1c(C)nc2ccccc2c1/C=C/c1ccccc1. The zero-order valence-electron chi connectivity index (χ0n) is 13.8. The first-order valence-electron chi connectivity index (χ1n) is 8.00. The van der Waals surface area contributed by atoms with Gasteiger partial charge in [0, 0.05) is 10.9 Å². The van der Waals surface area contributed by atoms with Crippen molar-refractivity contribution in [3.8, 4) is 0 Å². The van der Waals surface area contributed by atoms with Crippen molar-refractivity contribution in [3.63, 3.8) is 0 Å². The van der Waals surface area contributed by atoms with Gasteiger partial charge in [-0.05, 0) is 25.5 Å². The summed E-state index contributed by atoms with van der Waals surface area (Å²) in [6.45, 7) is 3.99. The smallest absolute Gasteiger partial charge is 0.340 e. The average molecular weight is 317 g/mol. The van der Waals surface area contributed by atoms with Crippen LogP contribution in [0.25, 0.3) is 23.1 Å². The predicted molar refractivity (Wildman–Crippen MR) is 97.8 cm³/mol. The molecule has 3 heteroatoms. The largest absolute Gasteiger partial charge is 0.462 e. The minimum absolute atomic E-state index is 0.332. The first kappa shape index (κ1) is 15.9. The summed E-state index contributed by atoms with van der Waals surface area (Å²) in [6, 6.07) is 17.8. The van der Waals surface area contributed by atoms with Crippen LogP contribution in [0.1, 0.15) is 34.1 Å². The molecule has 0 aliphatic rings. The number of hydrogen-bond donors (Lipinski definition) is 0. The standard InChI is InChI=1S/C21H19NO2/c1-3-24-21(23)20-15(2)22-19-12-8-7-11-17(19)18(20)14-13-16-9-5-4-6-10-16/h4-14H,3H2,1-2H3/b14-13+. The highest BCUT2D eigenvalue weighted by atomic mass is 16.5. The molecule has 0 saturated carbocycles. The van der Waals surface area contributed by atoms with Crippen molar-refractivity contribution in [2.24, 2.45) is 0 Å². The van der Waals surface area contributed by atoms with E-state index in [1.807, 2.05) is 73.7 Å². The van der Waals surface area contributed by atoms with E-state index in [0.717, 1.165) is 22.0 Å². The van der Waals surface area contributed by atoms with Crippen molar-refractivity contribution < 1.29 is 9.53 Å². The summed E-state index contributed by atoms with van der Waals surface area (Å²) in [5.74, 6) is -0.332. The van der Waals surface area contributed by atoms with E-state index in [-0.39, 0.29) is 5.97 Å². The molecule has 0 N–H and O–H groups in total. The van der Waals surface area contributed by atoms with Crippen molar-refractivity contribution in [3.05, 3.63) is 77.0 Å². The summed E-state index contributed by atoms with van der Waals surface area (Å²) < 4.78 is 5.24. The van der Waals surface area contributed by atoms with E-state index in [0.29, 0.717) is 17.9 Å². The molecule has 3 aromatic rings. The first-order valence-corrected chi connectivity index (χ1v) is 8.00. The Balaban J connectivity index is 2.20. The van der Waals surface area contributed by atoms with Crippen molar-refractivity contribution in [2.45, 2.75) is 13.8 Å². The fraction of sp³-hybridized carbons (Fsp3) is 0.143. The van der Waals surface area contributed by atoms with E-state index < -0.39 is 0 Å². The second-order valence-electron chi connectivity index (χ2n) is 5.47. The zero-order chi connectivity index (χ0) is 16.9. The van der Waals surface area contributed by atoms with Gasteiger partial charge in [-0.15, -0.1) is 0 Å². The number of para-hydroxylation sites is 1. The molecule has 0 aliphatic heterocycles. The van der Waals surface area contributed by atoms with Crippen LogP contribution in [0.15, 0.2) is 54.6 Å². The quantitative estimate of drug-likeness (QED) is 0.643. The Kier molecular flexibility index (Phi) is 4.71. The van der Waals surface area contributed by atoms with Crippen LogP contribution in [-0.4, -0.2) is 17.6 Å². The van der Waals surface area contributed by atoms with Crippen LogP contribution in [0.5, 0.6) is 0 Å². The molecule has 0 atom stereocenters. The second kappa shape index (κ2) is 7.09. The normalized spacial score (nSPS) is 11.1. The van der Waals surface area contributed by atoms with E-state index in [9.17, 15) is 4.79 Å². The molecule has 2 aromatic carbocycles. The van der Waals surface area contributed by atoms with Gasteiger partial charge in [-0.3, -0.25) is 4.98 Å². The minimum atomic E-state index is -0.332. The Morgan fingerprint density at radius 3 is 2.50 bits per heavy atom. The summed E-state index contributed by atoms with van der Waals surface area (Å²) in [4.78, 5) is 17.0. The van der Waals surface area contributed by atoms with Gasteiger partial charge in [0.25, 0.3) is 0 Å². The maximum Gasteiger partial charge on any atom is 0.340 e. The fourth-order valence-corrected chi connectivity index (χ4v) is 2.74. The van der Waals surface area contributed by atoms with E-state index >= 15 is 0 Å². The summed E-state index contributed by atoms with van der Waals surface area (Å²) in [5, 5.41) is 0.943. The average Bonchev–Trinajstić information content (AvgIpc) is 2.60. The number of aromatic nitrogens is 1. The molecule has 0 aliphatic carbocycles. The molecule has 0 fully saturated rings. The molecule has 0 spiro atoms. The van der Waals surface area contributed by atoms with Crippen LogP contribution >= 0.6 is 0 Å². The molecular formula is C21H19NO2. The number of nitrogens with zero attached hydrogens (tertiary/aromatic N) is 1. The molecule has 0 saturated heterocycles. The maximum absolute atomic E-state index is 12.4. The van der Waals surface area contributed by atoms with E-state index in [2.05, 4.69) is 4.98 Å². The predicted octanol–water partition coefficient (Wildman–Crippen LogP) is 4.89. The molecule has 0 radical (unpaired) electrons. The number of carbonyl (C=O) groups is 1. The van der Waals surface area contributed by atoms with Gasteiger partial charge in [-0.2, -0.15) is 0 Å². The Labute approximate surface area is 141 Å². The lowest BCUT2D eigenvalue weighted by atomic mass is 9.99. The Bertz CT molecular complexity index is 898. The maximum atomic E-state index is 12.4. The van der Waals surface area contributed by atoms with Crippen molar-refractivity contribution in [1.82, 2.24) is 4.98 Å². The highest BCUT2D eigenvalue weighted by Gasteiger charge is 2.18. The molecule has 3 rings (SSSR count). The van der Waals surface area contributed by atoms with Crippen LogP contribution in [0, 0.1) is 6.92 Å². The lowest BCUT2D eigenvalue weighted by Gasteiger charge is -2.12. The van der Waals surface area contributed by atoms with Gasteiger partial charge in [-0.1, -0.05) is 60.7 Å². The molecule has 24 heavy (non-hydrogen) atoms. The highest BCUT2D eigenvalue weighted by molar-refractivity contribution is 6.03. The van der Waals surface area contributed by atoms with Crippen LogP contribution in [0.4, 0.5) is 0 Å². The lowest BCUT2D eigenvalue weighted by Crippen LogP contribution is -2.10. The van der Waals surface area contributed by atoms with Gasteiger partial charge in [0.05, 0.1) is 23.4 Å². The molecule has 1 aromatic heterocycles. The van der Waals surface area contributed by atoms with Crippen LogP contribution in [0.2, 0.25) is 0 Å². The van der Waals surface area contributed by atoms with Crippen molar-refractivity contribution in [2.75, 3.05) is 6.61 Å². The number of benzene rings is 2. The Morgan fingerprint density at radius 1 is 1.04 bits per heavy atom. The van der Waals surface area contributed by atoms with Gasteiger partial charge < -0.3 is 4.74 Å². The Hall–Kier alpha value is -2.94. The number of rotatable bonds is 4. The van der Waals surface area contributed by atoms with E-state index in [1.54, 1.807) is 6.92 Å². The van der Waals surface area contributed by atoms with E-state index in [1.165, 1.54) is 0 Å². The van der Waals surface area contributed by atoms with Gasteiger partial charge in [0.1, 0.15) is 0 Å². The summed E-state index contributed by atoms with van der Waals surface area (Å²) in [7, 11) is 0. The van der Waals surface area contributed by atoms with Gasteiger partial charge in [-0.25, -0.2) is 4.79 Å². The molecule has 0 unspecified atom stereocenters. The Morgan fingerprint density at radius 2 is 1.75 bits per heavy atom. The molecule has 3 nitrogen and oxygen atoms in total. The second-order valence-corrected chi connectivity index (χ2v) is 5.47. The number of hydrogen-bond acceptors (Lipinski definition) is 3. The zero-order valence-corrected chi connectivity index (χ0v) is 13.8. The number of carbonyl (C=O) groups excluding carboxylic acids is 1. The van der Waals surface area contributed by atoms with Gasteiger partial charge in [0.2, 0.25) is 0 Å². The molecule has 0 bridgehead atoms. The number of fused-ring (bicyclic) bond motifs is 1. The van der Waals surface area contributed by atoms with Crippen molar-refractivity contribution >= 4 is 29.0 Å². The van der Waals surface area contributed by atoms with E-state index in [4.69, 9.17) is 4.74 Å². The minimum Gasteiger partial charge on any atom is -0.462 e. The molecule has 0 amide bonds. The number of pyridine rings is 1. The topological polar surface area (TPSA) is 39.2 Å². The molecule has 120 valence electrons.